The Balaban J connectivity index is 0.992. The second kappa shape index (κ2) is 27.9. The van der Waals surface area contributed by atoms with E-state index in [1.165, 1.54) is 83.1 Å². The Hall–Kier alpha value is -6.02. The van der Waals surface area contributed by atoms with Crippen LogP contribution in [0.15, 0.2) is 131 Å². The van der Waals surface area contributed by atoms with Crippen molar-refractivity contribution in [3.8, 4) is 23.0 Å². The highest BCUT2D eigenvalue weighted by Gasteiger charge is 2.13. The van der Waals surface area contributed by atoms with E-state index >= 15 is 0 Å². The topological polar surface area (TPSA) is 95.8 Å². The molecule has 0 heterocycles. The summed E-state index contributed by atoms with van der Waals surface area (Å²) in [6, 6.07) is 35.9. The number of hydrogen-bond acceptors (Lipinski definition) is 8. The van der Waals surface area contributed by atoms with Crippen molar-refractivity contribution < 1.29 is 28.5 Å². The van der Waals surface area contributed by atoms with Crippen LogP contribution in [0.2, 0.25) is 0 Å². The largest absolute Gasteiger partial charge is 0.494 e. The summed E-state index contributed by atoms with van der Waals surface area (Å²) in [4.78, 5) is 35.1. The van der Waals surface area contributed by atoms with Crippen LogP contribution < -0.4 is 18.9 Å². The Kier molecular flexibility index (Phi) is 21.4. The molecule has 0 aliphatic carbocycles. The lowest BCUT2D eigenvalue weighted by molar-refractivity contribution is 0.0732. The van der Waals surface area contributed by atoms with Crippen LogP contribution in [-0.4, -0.2) is 37.6 Å². The van der Waals surface area contributed by atoms with Crippen LogP contribution in [0.3, 0.4) is 0 Å². The molecular weight excluding hydrogens is 797 g/mol. The lowest BCUT2D eigenvalue weighted by Gasteiger charge is -2.08. The molecule has 0 N–H and O–H groups in total. The molecule has 8 nitrogen and oxygen atoms in total. The van der Waals surface area contributed by atoms with Crippen molar-refractivity contribution in [1.82, 2.24) is 0 Å². The molecule has 0 amide bonds. The van der Waals surface area contributed by atoms with E-state index < -0.39 is 11.9 Å². The van der Waals surface area contributed by atoms with E-state index in [9.17, 15) is 9.59 Å². The smallest absolute Gasteiger partial charge is 0.343 e. The average molecular weight is 865 g/mol. The number of esters is 2. The van der Waals surface area contributed by atoms with Crippen LogP contribution >= 0.6 is 0 Å². The third-order valence-electron chi connectivity index (χ3n) is 11.5. The van der Waals surface area contributed by atoms with Crippen molar-refractivity contribution >= 4 is 35.7 Å². The number of unbranched alkanes of at least 4 members (excludes halogenated alkanes) is 8. The van der Waals surface area contributed by atoms with Gasteiger partial charge in [-0.25, -0.2) is 9.59 Å². The minimum absolute atomic E-state index is 0.255. The number of nitrogens with zero attached hydrogens (tertiary/aromatic N) is 2. The average Bonchev–Trinajstić information content (AvgIpc) is 3.32. The van der Waals surface area contributed by atoms with E-state index in [4.69, 9.17) is 18.9 Å². The highest BCUT2D eigenvalue weighted by atomic mass is 16.5. The predicted octanol–water partition coefficient (Wildman–Crippen LogP) is 15.2. The fraction of sp³-hybridized carbons (Fsp3) is 0.393. The fourth-order valence-electron chi connectivity index (χ4n) is 6.94. The molecule has 0 radical (unpaired) electrons. The first-order valence-electron chi connectivity index (χ1n) is 23.6. The third-order valence-corrected chi connectivity index (χ3v) is 11.5. The van der Waals surface area contributed by atoms with Gasteiger partial charge in [0.1, 0.15) is 23.0 Å². The highest BCUT2D eigenvalue weighted by molar-refractivity contribution is 5.93. The number of carbonyl (C=O) groups excluding carboxylic acids is 2. The van der Waals surface area contributed by atoms with Crippen LogP contribution in [0.1, 0.15) is 149 Å². The van der Waals surface area contributed by atoms with Crippen LogP contribution in [-0.2, 0) is 0 Å². The number of rotatable bonds is 28. The fourth-order valence-corrected chi connectivity index (χ4v) is 6.94. The second-order valence-electron chi connectivity index (χ2n) is 16.8. The van der Waals surface area contributed by atoms with Gasteiger partial charge in [-0.1, -0.05) is 135 Å². The van der Waals surface area contributed by atoms with Crippen molar-refractivity contribution in [2.75, 3.05) is 13.2 Å². The molecule has 0 unspecified atom stereocenters. The van der Waals surface area contributed by atoms with Gasteiger partial charge in [0, 0.05) is 18.5 Å². The molecule has 0 spiro atoms. The maximum atomic E-state index is 13.0. The van der Waals surface area contributed by atoms with Crippen LogP contribution in [0.5, 0.6) is 23.0 Å². The summed E-state index contributed by atoms with van der Waals surface area (Å²) in [5.74, 6) is 2.81. The first-order chi connectivity index (χ1) is 31.3. The van der Waals surface area contributed by atoms with E-state index in [-0.39, 0.29) is 11.5 Å². The molecule has 8 heteroatoms. The zero-order valence-corrected chi connectivity index (χ0v) is 38.5. The summed E-state index contributed by atoms with van der Waals surface area (Å²) in [5, 5.41) is 0. The van der Waals surface area contributed by atoms with Gasteiger partial charge in [-0.3, -0.25) is 9.98 Å². The number of benzene rings is 5. The molecule has 0 aliphatic rings. The number of ether oxygens (including phenoxy) is 4. The Bertz CT molecular complexity index is 2010. The molecule has 5 aromatic carbocycles. The zero-order valence-electron chi connectivity index (χ0n) is 38.5. The number of carbonyl (C=O) groups is 2. The van der Waals surface area contributed by atoms with Gasteiger partial charge in [-0.15, -0.1) is 0 Å². The van der Waals surface area contributed by atoms with Gasteiger partial charge in [-0.2, -0.15) is 0 Å². The van der Waals surface area contributed by atoms with Crippen LogP contribution in [0.25, 0.3) is 0 Å². The molecule has 5 rings (SSSR count). The first-order valence-corrected chi connectivity index (χ1v) is 23.6. The van der Waals surface area contributed by atoms with Gasteiger partial charge in [0.05, 0.1) is 35.7 Å². The molecular formula is C56H68N2O6. The van der Waals surface area contributed by atoms with Gasteiger partial charge in [0.15, 0.2) is 0 Å². The molecule has 0 saturated heterocycles. The molecule has 0 aliphatic heterocycles. The Morgan fingerprint density at radius 3 is 1.23 bits per heavy atom. The zero-order chi connectivity index (χ0) is 45.2. The van der Waals surface area contributed by atoms with Gasteiger partial charge in [-0.05, 0) is 121 Å². The van der Waals surface area contributed by atoms with Crippen LogP contribution in [0.4, 0.5) is 11.4 Å². The van der Waals surface area contributed by atoms with Crippen molar-refractivity contribution in [2.24, 2.45) is 21.8 Å². The maximum Gasteiger partial charge on any atom is 0.343 e. The summed E-state index contributed by atoms with van der Waals surface area (Å²) < 4.78 is 23.1. The van der Waals surface area contributed by atoms with E-state index in [0.717, 1.165) is 71.9 Å². The molecule has 0 bridgehead atoms. The van der Waals surface area contributed by atoms with Gasteiger partial charge >= 0.3 is 11.9 Å². The Labute approximate surface area is 382 Å². The van der Waals surface area contributed by atoms with E-state index in [1.54, 1.807) is 54.9 Å². The van der Waals surface area contributed by atoms with Crippen molar-refractivity contribution in [3.05, 3.63) is 144 Å². The van der Waals surface area contributed by atoms with E-state index in [1.807, 2.05) is 72.8 Å². The maximum absolute atomic E-state index is 13.0. The second-order valence-corrected chi connectivity index (χ2v) is 16.8. The Morgan fingerprint density at radius 2 is 0.844 bits per heavy atom. The van der Waals surface area contributed by atoms with Crippen molar-refractivity contribution in [1.29, 1.82) is 0 Å². The number of hydrogen-bond donors (Lipinski definition) is 0. The summed E-state index contributed by atoms with van der Waals surface area (Å²) in [5.41, 5.74) is 4.04. The molecule has 0 aromatic heterocycles. The summed E-state index contributed by atoms with van der Waals surface area (Å²) in [7, 11) is 0. The van der Waals surface area contributed by atoms with E-state index in [0.29, 0.717) is 11.1 Å². The monoisotopic (exact) mass is 865 g/mol. The molecule has 0 fully saturated rings. The number of aliphatic imine (C=N–C) groups is 2. The van der Waals surface area contributed by atoms with E-state index in [2.05, 4.69) is 37.7 Å². The SMILES string of the molecule is CC[C@H](C)CCCCCCCOc1ccc(N=Cc2ccc(C(=O)Oc3cccc(OC(=O)c4ccc(C=Nc5ccc(OCCCCCCC[C@@H](C)CC)cc5)cc4)c3)cc2)cc1. The summed E-state index contributed by atoms with van der Waals surface area (Å²) in [6.07, 6.45) is 21.1. The first kappa shape index (κ1) is 49.0. The Morgan fingerprint density at radius 1 is 0.469 bits per heavy atom. The molecule has 2 atom stereocenters. The predicted molar refractivity (Wildman–Crippen MR) is 262 cm³/mol. The third kappa shape index (κ3) is 18.4. The minimum Gasteiger partial charge on any atom is -0.494 e. The van der Waals surface area contributed by atoms with Crippen molar-refractivity contribution in [2.45, 2.75) is 118 Å². The molecule has 0 saturated carbocycles. The van der Waals surface area contributed by atoms with Crippen molar-refractivity contribution in [3.63, 3.8) is 0 Å². The quantitative estimate of drug-likeness (QED) is 0.0215. The van der Waals surface area contributed by atoms with Gasteiger partial charge in [0.2, 0.25) is 0 Å². The molecule has 5 aromatic rings. The minimum atomic E-state index is -0.533. The highest BCUT2D eigenvalue weighted by Crippen LogP contribution is 2.24. The van der Waals surface area contributed by atoms with Crippen LogP contribution in [0, 0.1) is 11.8 Å². The molecule has 338 valence electrons. The normalized spacial score (nSPS) is 12.3. The van der Waals surface area contributed by atoms with Gasteiger partial charge in [0.25, 0.3) is 0 Å². The lowest BCUT2D eigenvalue weighted by Crippen LogP contribution is -2.10. The standard InChI is InChI=1S/C56H68N2O6/c1-5-43(3)18-13-9-7-11-15-38-61-51-34-30-49(31-35-51)57-41-45-22-26-47(27-23-45)55(59)63-53-20-17-21-54(40-53)64-56(60)48-28-24-46(25-29-48)42-58-50-32-36-52(37-33-50)62-39-16-12-8-10-14-19-44(4)6-2/h17,20-37,40-44H,5-16,18-19,38-39H2,1-4H3/t43-,44-/m0/s1. The molecule has 64 heavy (non-hydrogen) atoms. The summed E-state index contributed by atoms with van der Waals surface area (Å²) in [6.45, 7) is 10.7. The van der Waals surface area contributed by atoms with Gasteiger partial charge < -0.3 is 18.9 Å². The summed E-state index contributed by atoms with van der Waals surface area (Å²) >= 11 is 0. The lowest BCUT2D eigenvalue weighted by atomic mass is 10.0.